The summed E-state index contributed by atoms with van der Waals surface area (Å²) in [5.41, 5.74) is 0.929. The first kappa shape index (κ1) is 17.2. The van der Waals surface area contributed by atoms with Crippen molar-refractivity contribution in [2.75, 3.05) is 18.8 Å². The van der Waals surface area contributed by atoms with Gasteiger partial charge < -0.3 is 15.0 Å². The van der Waals surface area contributed by atoms with Crippen LogP contribution in [-0.4, -0.2) is 38.7 Å². The van der Waals surface area contributed by atoms with Crippen LogP contribution in [-0.2, 0) is 6.54 Å². The summed E-state index contributed by atoms with van der Waals surface area (Å²) >= 11 is 1.55. The Kier molecular flexibility index (Phi) is 6.07. The number of aliphatic hydroxyl groups excluding tert-OH is 1. The Hall–Kier alpha value is -1.63. The number of thioether (sulfide) groups is 1. The summed E-state index contributed by atoms with van der Waals surface area (Å²) < 4.78 is 2.14. The summed E-state index contributed by atoms with van der Waals surface area (Å²) in [7, 11) is 0. The molecule has 1 atom stereocenters. The predicted octanol–water partition coefficient (Wildman–Crippen LogP) is 2.76. The number of aromatic nitrogens is 3. The third-order valence-corrected chi connectivity index (χ3v) is 5.36. The van der Waals surface area contributed by atoms with Gasteiger partial charge in [0, 0.05) is 18.2 Å². The molecule has 5 nitrogen and oxygen atoms in total. The van der Waals surface area contributed by atoms with Gasteiger partial charge in [-0.05, 0) is 31.5 Å². The number of hydrogen-bond acceptors (Lipinski definition) is 5. The second-order valence-corrected chi connectivity index (χ2v) is 6.99. The molecule has 2 heterocycles. The maximum Gasteiger partial charge on any atom is 0.191 e. The summed E-state index contributed by atoms with van der Waals surface area (Å²) in [5.74, 6) is 2.06. The first-order valence-corrected chi connectivity index (χ1v) is 9.38. The number of piperidine rings is 1. The number of allylic oxidation sites excluding steroid dienone is 1. The van der Waals surface area contributed by atoms with Gasteiger partial charge >= 0.3 is 0 Å². The Labute approximate surface area is 147 Å². The zero-order chi connectivity index (χ0) is 16.8. The zero-order valence-electron chi connectivity index (χ0n) is 13.8. The molecule has 128 valence electrons. The van der Waals surface area contributed by atoms with Crippen LogP contribution in [0.2, 0.25) is 0 Å². The summed E-state index contributed by atoms with van der Waals surface area (Å²) in [5, 5.41) is 23.4. The molecule has 1 saturated heterocycles. The molecule has 2 aromatic rings. The second-order valence-electron chi connectivity index (χ2n) is 6.00. The van der Waals surface area contributed by atoms with E-state index < -0.39 is 6.10 Å². The molecule has 3 rings (SSSR count). The minimum absolute atomic E-state index is 0.451. The van der Waals surface area contributed by atoms with E-state index in [0.29, 0.717) is 18.2 Å². The van der Waals surface area contributed by atoms with Crippen LogP contribution in [0.4, 0.5) is 0 Å². The van der Waals surface area contributed by atoms with Gasteiger partial charge in [0.1, 0.15) is 5.82 Å². The van der Waals surface area contributed by atoms with E-state index in [1.165, 1.54) is 0 Å². The smallest absolute Gasteiger partial charge is 0.191 e. The van der Waals surface area contributed by atoms with Crippen LogP contribution in [0.1, 0.15) is 36.3 Å². The average molecular weight is 344 g/mol. The maximum atomic E-state index is 10.4. The number of benzene rings is 1. The maximum absolute atomic E-state index is 10.4. The van der Waals surface area contributed by atoms with Crippen molar-refractivity contribution < 1.29 is 5.11 Å². The van der Waals surface area contributed by atoms with Crippen molar-refractivity contribution in [3.63, 3.8) is 0 Å². The van der Waals surface area contributed by atoms with Crippen molar-refractivity contribution in [3.05, 3.63) is 54.4 Å². The molecule has 6 heteroatoms. The van der Waals surface area contributed by atoms with Gasteiger partial charge in [-0.15, -0.1) is 16.8 Å². The van der Waals surface area contributed by atoms with E-state index in [4.69, 9.17) is 0 Å². The van der Waals surface area contributed by atoms with E-state index in [1.807, 2.05) is 36.4 Å². The van der Waals surface area contributed by atoms with Gasteiger partial charge in [-0.2, -0.15) is 0 Å². The fourth-order valence-electron chi connectivity index (χ4n) is 3.01. The summed E-state index contributed by atoms with van der Waals surface area (Å²) in [4.78, 5) is 0. The lowest BCUT2D eigenvalue weighted by Crippen LogP contribution is -2.28. The van der Waals surface area contributed by atoms with E-state index in [9.17, 15) is 5.11 Å². The summed E-state index contributed by atoms with van der Waals surface area (Å²) in [6.45, 7) is 6.62. The number of hydrogen-bond donors (Lipinski definition) is 2. The lowest BCUT2D eigenvalue weighted by molar-refractivity contribution is 0.204. The van der Waals surface area contributed by atoms with Gasteiger partial charge in [-0.25, -0.2) is 0 Å². The Morgan fingerprint density at radius 1 is 1.29 bits per heavy atom. The molecule has 0 aliphatic carbocycles. The number of nitrogens with one attached hydrogen (secondary N) is 1. The third kappa shape index (κ3) is 4.06. The lowest BCUT2D eigenvalue weighted by Gasteiger charge is -2.22. The Morgan fingerprint density at radius 2 is 2.04 bits per heavy atom. The highest BCUT2D eigenvalue weighted by atomic mass is 32.2. The molecule has 1 aliphatic rings. The molecule has 0 saturated carbocycles. The Bertz CT molecular complexity index is 652. The first-order valence-electron chi connectivity index (χ1n) is 8.40. The predicted molar refractivity (Wildman–Crippen MR) is 97.2 cm³/mol. The normalized spacial score (nSPS) is 16.9. The van der Waals surface area contributed by atoms with Crippen molar-refractivity contribution in [2.24, 2.45) is 0 Å². The number of nitrogens with zero attached hydrogens (tertiary/aromatic N) is 3. The quantitative estimate of drug-likeness (QED) is 0.597. The molecule has 0 unspecified atom stereocenters. The van der Waals surface area contributed by atoms with Crippen LogP contribution >= 0.6 is 11.8 Å². The van der Waals surface area contributed by atoms with Gasteiger partial charge in [0.15, 0.2) is 5.16 Å². The van der Waals surface area contributed by atoms with E-state index in [-0.39, 0.29) is 0 Å². The average Bonchev–Trinajstić information content (AvgIpc) is 3.04. The highest BCUT2D eigenvalue weighted by molar-refractivity contribution is 7.99. The van der Waals surface area contributed by atoms with E-state index in [1.54, 1.807) is 11.8 Å². The fourth-order valence-corrected chi connectivity index (χ4v) is 3.94. The molecular formula is C18H24N4OS. The number of aliphatic hydroxyl groups is 1. The van der Waals surface area contributed by atoms with Crippen molar-refractivity contribution >= 4 is 11.8 Å². The Morgan fingerprint density at radius 3 is 2.75 bits per heavy atom. The molecule has 0 radical (unpaired) electrons. The standard InChI is InChI=1S/C18H24N4OS/c1-2-12-22-17(15-8-10-19-11-9-15)20-21-18(22)24-13-16(23)14-6-4-3-5-7-14/h2-7,15-16,19,23H,1,8-13H2/t16-/m1/s1. The van der Waals surface area contributed by atoms with Gasteiger partial charge in [-0.1, -0.05) is 48.2 Å². The minimum atomic E-state index is -0.507. The monoisotopic (exact) mass is 344 g/mol. The molecule has 24 heavy (non-hydrogen) atoms. The molecule has 0 amide bonds. The molecule has 0 bridgehead atoms. The van der Waals surface area contributed by atoms with Crippen molar-refractivity contribution in [1.82, 2.24) is 20.1 Å². The van der Waals surface area contributed by atoms with Gasteiger partial charge in [-0.3, -0.25) is 0 Å². The lowest BCUT2D eigenvalue weighted by atomic mass is 9.97. The highest BCUT2D eigenvalue weighted by Crippen LogP contribution is 2.29. The molecule has 0 spiro atoms. The highest BCUT2D eigenvalue weighted by Gasteiger charge is 2.23. The van der Waals surface area contributed by atoms with Crippen LogP contribution in [0.25, 0.3) is 0 Å². The van der Waals surface area contributed by atoms with Crippen molar-refractivity contribution in [2.45, 2.75) is 36.6 Å². The molecule has 2 N–H and O–H groups in total. The largest absolute Gasteiger partial charge is 0.388 e. The molecule has 1 aromatic carbocycles. The van der Waals surface area contributed by atoms with Crippen LogP contribution < -0.4 is 5.32 Å². The first-order chi connectivity index (χ1) is 11.8. The van der Waals surface area contributed by atoms with Gasteiger partial charge in [0.2, 0.25) is 0 Å². The zero-order valence-corrected chi connectivity index (χ0v) is 14.6. The van der Waals surface area contributed by atoms with E-state index >= 15 is 0 Å². The molecular weight excluding hydrogens is 320 g/mol. The molecule has 1 aromatic heterocycles. The Balaban J connectivity index is 1.70. The number of rotatable bonds is 7. The third-order valence-electron chi connectivity index (χ3n) is 4.32. The van der Waals surface area contributed by atoms with Crippen LogP contribution in [0.5, 0.6) is 0 Å². The topological polar surface area (TPSA) is 63.0 Å². The van der Waals surface area contributed by atoms with Crippen LogP contribution in [0.15, 0.2) is 48.1 Å². The fraction of sp³-hybridized carbons (Fsp3) is 0.444. The van der Waals surface area contributed by atoms with E-state index in [2.05, 4.69) is 26.7 Å². The minimum Gasteiger partial charge on any atom is -0.388 e. The van der Waals surface area contributed by atoms with Crippen molar-refractivity contribution in [1.29, 1.82) is 0 Å². The van der Waals surface area contributed by atoms with E-state index in [0.717, 1.165) is 42.5 Å². The summed E-state index contributed by atoms with van der Waals surface area (Å²) in [6.07, 6.45) is 3.55. The second kappa shape index (κ2) is 8.46. The molecule has 1 fully saturated rings. The summed E-state index contributed by atoms with van der Waals surface area (Å²) in [6, 6.07) is 9.73. The van der Waals surface area contributed by atoms with Crippen LogP contribution in [0, 0.1) is 0 Å². The van der Waals surface area contributed by atoms with Crippen molar-refractivity contribution in [3.8, 4) is 0 Å². The van der Waals surface area contributed by atoms with Gasteiger partial charge in [0.25, 0.3) is 0 Å². The van der Waals surface area contributed by atoms with Gasteiger partial charge in [0.05, 0.1) is 6.10 Å². The SMILES string of the molecule is C=CCn1c(SC[C@@H](O)c2ccccc2)nnc1C1CCNCC1. The van der Waals surface area contributed by atoms with Crippen LogP contribution in [0.3, 0.4) is 0 Å². The molecule has 1 aliphatic heterocycles.